The molecule has 1 atom stereocenters. The number of rotatable bonds is 9. The molecule has 0 unspecified atom stereocenters. The molecule has 0 saturated heterocycles. The number of hydrogen-bond acceptors (Lipinski definition) is 7. The highest BCUT2D eigenvalue weighted by Gasteiger charge is 2.50. The van der Waals surface area contributed by atoms with Gasteiger partial charge in [0.25, 0.3) is 5.91 Å². The van der Waals surface area contributed by atoms with Gasteiger partial charge in [0, 0.05) is 11.1 Å². The number of sulfone groups is 1. The summed E-state index contributed by atoms with van der Waals surface area (Å²) < 4.78 is 78.0. The molecule has 9 nitrogen and oxygen atoms in total. The molecule has 220 valence electrons. The summed E-state index contributed by atoms with van der Waals surface area (Å²) in [6.45, 7) is 1.07. The van der Waals surface area contributed by atoms with Crippen LogP contribution >= 0.6 is 0 Å². The molecular weight excluding hydrogens is 575 g/mol. The Morgan fingerprint density at radius 1 is 1.10 bits per heavy atom. The van der Waals surface area contributed by atoms with Crippen molar-refractivity contribution in [2.75, 3.05) is 12.4 Å². The molecule has 0 spiro atoms. The van der Waals surface area contributed by atoms with E-state index < -0.39 is 40.4 Å². The quantitative estimate of drug-likeness (QED) is 0.287. The van der Waals surface area contributed by atoms with Crippen molar-refractivity contribution < 1.29 is 41.0 Å². The number of carbonyl (C=O) groups excluding carboxylic acids is 1. The number of nitrogens with zero attached hydrogens (tertiary/aromatic N) is 2. The second-order valence-corrected chi connectivity index (χ2v) is 12.6. The van der Waals surface area contributed by atoms with Gasteiger partial charge in [-0.3, -0.25) is 4.79 Å². The van der Waals surface area contributed by atoms with Crippen LogP contribution in [0.15, 0.2) is 65.6 Å². The minimum Gasteiger partial charge on any atom is -0.395 e. The first-order valence-electron chi connectivity index (χ1n) is 13.2. The molecule has 42 heavy (non-hydrogen) atoms. The zero-order valence-electron chi connectivity index (χ0n) is 22.3. The number of amides is 1. The summed E-state index contributed by atoms with van der Waals surface area (Å²) in [5.41, 5.74) is 0.184. The first-order valence-corrected chi connectivity index (χ1v) is 14.9. The molecule has 1 aromatic heterocycles. The van der Waals surface area contributed by atoms with E-state index in [0.29, 0.717) is 22.2 Å². The molecule has 2 N–H and O–H groups in total. The highest BCUT2D eigenvalue weighted by atomic mass is 32.2. The van der Waals surface area contributed by atoms with Gasteiger partial charge in [-0.1, -0.05) is 31.2 Å². The fourth-order valence-corrected chi connectivity index (χ4v) is 5.86. The van der Waals surface area contributed by atoms with Gasteiger partial charge >= 0.3 is 6.29 Å². The Bertz CT molecular complexity index is 1800. The molecule has 1 aliphatic heterocycles. The number of carbonyl (C=O) groups is 1. The lowest BCUT2D eigenvalue weighted by atomic mass is 10.1. The van der Waals surface area contributed by atoms with Crippen LogP contribution in [0, 0.1) is 0 Å². The number of alkyl halides is 3. The standard InChI is InChI=1S/C29H26F3N3O6S/c1-2-42(38,39)20-9-6-17(7-10-20)22(16-36)33-26(37)18-8-11-23-21(14-18)34-27(28(30)12-13-28)35(23)15-19-4-3-5-24-25(19)41-29(31,32)40-24/h3-11,14,22,36H,2,12-13,15-16H2,1H3,(H,33,37)/t22-/m0/s1. The van der Waals surface area contributed by atoms with Crippen LogP contribution in [-0.2, 0) is 22.1 Å². The van der Waals surface area contributed by atoms with Gasteiger partial charge in [-0.15, -0.1) is 8.78 Å². The van der Waals surface area contributed by atoms with Crippen molar-refractivity contribution in [3.05, 3.63) is 83.2 Å². The van der Waals surface area contributed by atoms with Crippen molar-refractivity contribution in [2.45, 2.75) is 49.2 Å². The Balaban J connectivity index is 1.29. The van der Waals surface area contributed by atoms with E-state index >= 15 is 4.39 Å². The topological polar surface area (TPSA) is 120 Å². The number of hydrogen-bond donors (Lipinski definition) is 2. The Labute approximate surface area is 238 Å². The summed E-state index contributed by atoms with van der Waals surface area (Å²) >= 11 is 0. The Kier molecular flexibility index (Phi) is 6.69. The van der Waals surface area contributed by atoms with Gasteiger partial charge in [0.15, 0.2) is 27.0 Å². The van der Waals surface area contributed by atoms with Gasteiger partial charge in [0.2, 0.25) is 0 Å². The molecular formula is C29H26F3N3O6S. The highest BCUT2D eigenvalue weighted by molar-refractivity contribution is 7.91. The first-order chi connectivity index (χ1) is 19.9. The van der Waals surface area contributed by atoms with E-state index in [1.54, 1.807) is 23.6 Å². The summed E-state index contributed by atoms with van der Waals surface area (Å²) in [7, 11) is -3.40. The van der Waals surface area contributed by atoms with Crippen molar-refractivity contribution in [1.29, 1.82) is 0 Å². The third-order valence-electron chi connectivity index (χ3n) is 7.45. The maximum Gasteiger partial charge on any atom is 0.586 e. The van der Waals surface area contributed by atoms with Crippen LogP contribution in [0.4, 0.5) is 13.2 Å². The number of imidazole rings is 1. The Hall–Kier alpha value is -4.10. The van der Waals surface area contributed by atoms with E-state index in [-0.39, 0.29) is 52.9 Å². The number of nitrogens with one attached hydrogen (secondary N) is 1. The molecule has 13 heteroatoms. The highest BCUT2D eigenvalue weighted by Crippen LogP contribution is 2.50. The summed E-state index contributed by atoms with van der Waals surface area (Å²) in [5, 5.41) is 12.7. The number of fused-ring (bicyclic) bond motifs is 2. The minimum atomic E-state index is -3.81. The van der Waals surface area contributed by atoms with E-state index in [1.807, 2.05) is 0 Å². The van der Waals surface area contributed by atoms with Gasteiger partial charge < -0.3 is 24.5 Å². The predicted octanol–water partition coefficient (Wildman–Crippen LogP) is 4.62. The van der Waals surface area contributed by atoms with Crippen molar-refractivity contribution in [3.8, 4) is 11.5 Å². The Morgan fingerprint density at radius 3 is 2.50 bits per heavy atom. The molecule has 2 heterocycles. The van der Waals surface area contributed by atoms with Crippen LogP contribution in [0.2, 0.25) is 0 Å². The van der Waals surface area contributed by atoms with E-state index in [0.717, 1.165) is 0 Å². The summed E-state index contributed by atoms with van der Waals surface area (Å²) in [6, 6.07) is 14.2. The fourth-order valence-electron chi connectivity index (χ4n) is 4.98. The van der Waals surface area contributed by atoms with Gasteiger partial charge in [-0.2, -0.15) is 0 Å². The minimum absolute atomic E-state index is 0.0258. The lowest BCUT2D eigenvalue weighted by molar-refractivity contribution is -0.287. The van der Waals surface area contributed by atoms with Crippen molar-refractivity contribution in [1.82, 2.24) is 14.9 Å². The molecule has 1 amide bonds. The second-order valence-electron chi connectivity index (χ2n) is 10.3. The van der Waals surface area contributed by atoms with E-state index in [1.165, 1.54) is 48.5 Å². The van der Waals surface area contributed by atoms with Crippen LogP contribution in [0.25, 0.3) is 11.0 Å². The number of para-hydroxylation sites is 1. The predicted molar refractivity (Wildman–Crippen MR) is 145 cm³/mol. The van der Waals surface area contributed by atoms with Gasteiger partial charge in [-0.25, -0.2) is 17.8 Å². The lowest BCUT2D eigenvalue weighted by Crippen LogP contribution is -2.30. The number of aliphatic hydroxyl groups excluding tert-OH is 1. The summed E-state index contributed by atoms with van der Waals surface area (Å²) in [5.74, 6) is -0.725. The average Bonchev–Trinajstić information content (AvgIpc) is 3.48. The second kappa shape index (κ2) is 10.0. The first kappa shape index (κ1) is 28.0. The zero-order chi connectivity index (χ0) is 29.9. The smallest absolute Gasteiger partial charge is 0.395 e. The van der Waals surface area contributed by atoms with E-state index in [2.05, 4.69) is 15.0 Å². The van der Waals surface area contributed by atoms with Crippen molar-refractivity contribution >= 4 is 26.8 Å². The van der Waals surface area contributed by atoms with Crippen molar-refractivity contribution in [3.63, 3.8) is 0 Å². The van der Waals surface area contributed by atoms with Gasteiger partial charge in [0.05, 0.1) is 40.9 Å². The normalized spacial score (nSPS) is 17.3. The molecule has 1 fully saturated rings. The number of aromatic nitrogens is 2. The molecule has 4 aromatic rings. The SMILES string of the molecule is CCS(=O)(=O)c1ccc([C@H](CO)NC(=O)c2ccc3c(c2)nc(C2(F)CC2)n3Cc2cccc3c2OC(F)(F)O3)cc1. The van der Waals surface area contributed by atoms with Crippen LogP contribution in [0.1, 0.15) is 53.1 Å². The van der Waals surface area contributed by atoms with E-state index in [9.17, 15) is 27.1 Å². The van der Waals surface area contributed by atoms with Gasteiger partial charge in [-0.05, 0) is 54.8 Å². The zero-order valence-corrected chi connectivity index (χ0v) is 23.1. The fraction of sp³-hybridized carbons (Fsp3) is 0.310. The average molecular weight is 602 g/mol. The largest absolute Gasteiger partial charge is 0.586 e. The van der Waals surface area contributed by atoms with Crippen LogP contribution in [0.3, 0.4) is 0 Å². The third-order valence-corrected chi connectivity index (χ3v) is 9.20. The number of ether oxygens (including phenoxy) is 2. The van der Waals surface area contributed by atoms with E-state index in [4.69, 9.17) is 4.74 Å². The van der Waals surface area contributed by atoms with Crippen LogP contribution in [-0.4, -0.2) is 47.6 Å². The number of halogens is 3. The van der Waals surface area contributed by atoms with Crippen LogP contribution < -0.4 is 14.8 Å². The maximum absolute atomic E-state index is 15.4. The molecule has 0 bridgehead atoms. The molecule has 0 radical (unpaired) electrons. The summed E-state index contributed by atoms with van der Waals surface area (Å²) in [6.07, 6.45) is -3.30. The third kappa shape index (κ3) is 5.07. The maximum atomic E-state index is 15.4. The van der Waals surface area contributed by atoms with Crippen LogP contribution in [0.5, 0.6) is 11.5 Å². The van der Waals surface area contributed by atoms with Gasteiger partial charge in [0.1, 0.15) is 5.82 Å². The van der Waals surface area contributed by atoms with Crippen molar-refractivity contribution in [2.24, 2.45) is 0 Å². The molecule has 1 saturated carbocycles. The molecule has 1 aliphatic carbocycles. The lowest BCUT2D eigenvalue weighted by Gasteiger charge is -2.17. The molecule has 2 aliphatic rings. The number of aliphatic hydroxyl groups is 1. The monoisotopic (exact) mass is 601 g/mol. The molecule has 3 aromatic carbocycles. The summed E-state index contributed by atoms with van der Waals surface area (Å²) in [4.78, 5) is 17.8. The number of benzene rings is 3. The Morgan fingerprint density at radius 2 is 1.83 bits per heavy atom. The molecule has 6 rings (SSSR count).